The fraction of sp³-hybridized carbons (Fsp3) is 0.882. The first-order valence-corrected chi connectivity index (χ1v) is 8.99. The van der Waals surface area contributed by atoms with Crippen LogP contribution in [0.25, 0.3) is 0 Å². The number of ether oxygens (including phenoxy) is 1. The molecule has 2 aliphatic heterocycles. The fourth-order valence-electron chi connectivity index (χ4n) is 4.33. The Morgan fingerprint density at radius 2 is 1.92 bits per heavy atom. The van der Waals surface area contributed by atoms with E-state index in [1.807, 2.05) is 4.90 Å². The van der Waals surface area contributed by atoms with Crippen molar-refractivity contribution in [3.8, 4) is 0 Å². The SMILES string of the molecule is O=C(NC[C@H]1CO[C@@H]2CN(C(=O)C3CCC3)C[C@H]12)C1CC(F)(F)C1. The lowest BCUT2D eigenvalue weighted by Gasteiger charge is -2.34. The van der Waals surface area contributed by atoms with Crippen molar-refractivity contribution in [3.63, 3.8) is 0 Å². The van der Waals surface area contributed by atoms with E-state index in [2.05, 4.69) is 5.32 Å². The largest absolute Gasteiger partial charge is 0.376 e. The van der Waals surface area contributed by atoms with Gasteiger partial charge in [-0.05, 0) is 12.8 Å². The van der Waals surface area contributed by atoms with Crippen LogP contribution in [0.4, 0.5) is 8.78 Å². The molecule has 0 aromatic carbocycles. The van der Waals surface area contributed by atoms with E-state index in [0.717, 1.165) is 19.3 Å². The first-order valence-electron chi connectivity index (χ1n) is 8.99. The predicted octanol–water partition coefficient (Wildman–Crippen LogP) is 1.42. The molecule has 0 radical (unpaired) electrons. The molecule has 2 aliphatic carbocycles. The summed E-state index contributed by atoms with van der Waals surface area (Å²) in [6.07, 6.45) is 2.52. The Kier molecular flexibility index (Phi) is 4.01. The number of halogens is 2. The van der Waals surface area contributed by atoms with E-state index in [0.29, 0.717) is 26.2 Å². The molecule has 1 N–H and O–H groups in total. The van der Waals surface area contributed by atoms with Crippen molar-refractivity contribution in [3.05, 3.63) is 0 Å². The van der Waals surface area contributed by atoms with Crippen molar-refractivity contribution in [2.75, 3.05) is 26.2 Å². The van der Waals surface area contributed by atoms with Crippen molar-refractivity contribution < 1.29 is 23.1 Å². The second-order valence-electron chi connectivity index (χ2n) is 7.87. The van der Waals surface area contributed by atoms with E-state index in [9.17, 15) is 18.4 Å². The van der Waals surface area contributed by atoms with Crippen molar-refractivity contribution in [1.82, 2.24) is 10.2 Å². The van der Waals surface area contributed by atoms with E-state index in [-0.39, 0.29) is 48.5 Å². The lowest BCUT2D eigenvalue weighted by Crippen LogP contribution is -2.46. The fourth-order valence-corrected chi connectivity index (χ4v) is 4.33. The summed E-state index contributed by atoms with van der Waals surface area (Å²) >= 11 is 0. The summed E-state index contributed by atoms with van der Waals surface area (Å²) in [4.78, 5) is 26.2. The molecule has 4 fully saturated rings. The second-order valence-corrected chi connectivity index (χ2v) is 7.87. The molecular weight excluding hydrogens is 318 g/mol. The molecule has 24 heavy (non-hydrogen) atoms. The number of fused-ring (bicyclic) bond motifs is 1. The number of hydrogen-bond donors (Lipinski definition) is 1. The van der Waals surface area contributed by atoms with Gasteiger partial charge in [-0.1, -0.05) is 6.42 Å². The maximum Gasteiger partial charge on any atom is 0.249 e. The van der Waals surface area contributed by atoms with Crippen LogP contribution in [0.3, 0.4) is 0 Å². The average Bonchev–Trinajstić information content (AvgIpc) is 3.00. The maximum atomic E-state index is 12.8. The van der Waals surface area contributed by atoms with Crippen molar-refractivity contribution in [1.29, 1.82) is 0 Å². The van der Waals surface area contributed by atoms with Crippen LogP contribution in [0.2, 0.25) is 0 Å². The van der Waals surface area contributed by atoms with Gasteiger partial charge < -0.3 is 15.0 Å². The highest BCUT2D eigenvalue weighted by molar-refractivity contribution is 5.80. The molecule has 3 atom stereocenters. The van der Waals surface area contributed by atoms with Crippen molar-refractivity contribution >= 4 is 11.8 Å². The van der Waals surface area contributed by atoms with Crippen LogP contribution < -0.4 is 5.32 Å². The zero-order valence-corrected chi connectivity index (χ0v) is 13.7. The molecule has 7 heteroatoms. The van der Waals surface area contributed by atoms with E-state index >= 15 is 0 Å². The highest BCUT2D eigenvalue weighted by Crippen LogP contribution is 2.42. The van der Waals surface area contributed by atoms with E-state index in [4.69, 9.17) is 4.74 Å². The summed E-state index contributed by atoms with van der Waals surface area (Å²) in [5.41, 5.74) is 0. The third-order valence-electron chi connectivity index (χ3n) is 6.20. The van der Waals surface area contributed by atoms with Gasteiger partial charge in [-0.2, -0.15) is 0 Å². The minimum Gasteiger partial charge on any atom is -0.376 e. The quantitative estimate of drug-likeness (QED) is 0.841. The van der Waals surface area contributed by atoms with Crippen LogP contribution in [0.1, 0.15) is 32.1 Å². The number of amides is 2. The maximum absolute atomic E-state index is 12.8. The van der Waals surface area contributed by atoms with Gasteiger partial charge in [-0.15, -0.1) is 0 Å². The zero-order chi connectivity index (χ0) is 16.9. The Labute approximate surface area is 140 Å². The molecule has 2 heterocycles. The summed E-state index contributed by atoms with van der Waals surface area (Å²) < 4.78 is 31.5. The minimum absolute atomic E-state index is 0.0592. The zero-order valence-electron chi connectivity index (χ0n) is 13.7. The van der Waals surface area contributed by atoms with Crippen LogP contribution in [0, 0.1) is 23.7 Å². The van der Waals surface area contributed by atoms with E-state index in [1.54, 1.807) is 0 Å². The summed E-state index contributed by atoms with van der Waals surface area (Å²) in [6.45, 7) is 2.37. The average molecular weight is 342 g/mol. The molecule has 134 valence electrons. The first kappa shape index (κ1) is 16.2. The molecule has 2 saturated heterocycles. The number of carbonyl (C=O) groups excluding carboxylic acids is 2. The first-order chi connectivity index (χ1) is 11.4. The van der Waals surface area contributed by atoms with Crippen LogP contribution >= 0.6 is 0 Å². The number of nitrogens with one attached hydrogen (secondary N) is 1. The van der Waals surface area contributed by atoms with Gasteiger partial charge in [0.15, 0.2) is 0 Å². The molecule has 0 aromatic heterocycles. The summed E-state index contributed by atoms with van der Waals surface area (Å²) in [6, 6.07) is 0. The molecule has 0 bridgehead atoms. The third kappa shape index (κ3) is 2.91. The van der Waals surface area contributed by atoms with Crippen molar-refractivity contribution in [2.24, 2.45) is 23.7 Å². The smallest absolute Gasteiger partial charge is 0.249 e. The molecule has 0 spiro atoms. The molecule has 4 rings (SSSR count). The van der Waals surface area contributed by atoms with Gasteiger partial charge in [0.2, 0.25) is 17.7 Å². The third-order valence-corrected chi connectivity index (χ3v) is 6.20. The second kappa shape index (κ2) is 5.93. The Balaban J connectivity index is 1.25. The molecule has 0 aromatic rings. The molecule has 4 aliphatic rings. The van der Waals surface area contributed by atoms with Gasteiger partial charge >= 0.3 is 0 Å². The van der Waals surface area contributed by atoms with Crippen LogP contribution in [0.5, 0.6) is 0 Å². The molecule has 2 saturated carbocycles. The van der Waals surface area contributed by atoms with Crippen molar-refractivity contribution in [2.45, 2.75) is 44.1 Å². The number of nitrogens with zero attached hydrogens (tertiary/aromatic N) is 1. The van der Waals surface area contributed by atoms with Gasteiger partial charge in [0.1, 0.15) is 0 Å². The molecular formula is C17H24F2N2O3. The highest BCUT2D eigenvalue weighted by Gasteiger charge is 2.50. The van der Waals surface area contributed by atoms with Gasteiger partial charge in [-0.25, -0.2) is 8.78 Å². The Morgan fingerprint density at radius 1 is 1.17 bits per heavy atom. The van der Waals surface area contributed by atoms with Crippen LogP contribution in [0.15, 0.2) is 0 Å². The lowest BCUT2D eigenvalue weighted by molar-refractivity contribution is -0.150. The monoisotopic (exact) mass is 342 g/mol. The lowest BCUT2D eigenvalue weighted by atomic mass is 9.80. The van der Waals surface area contributed by atoms with Gasteiger partial charge in [0.05, 0.1) is 12.7 Å². The number of alkyl halides is 2. The summed E-state index contributed by atoms with van der Waals surface area (Å²) in [7, 11) is 0. The number of carbonyl (C=O) groups is 2. The number of rotatable bonds is 4. The topological polar surface area (TPSA) is 58.6 Å². The summed E-state index contributed by atoms with van der Waals surface area (Å²) in [5, 5.41) is 2.81. The van der Waals surface area contributed by atoms with Gasteiger partial charge in [0, 0.05) is 56.1 Å². The Morgan fingerprint density at radius 3 is 2.54 bits per heavy atom. The molecule has 2 amide bonds. The van der Waals surface area contributed by atoms with Gasteiger partial charge in [0.25, 0.3) is 0 Å². The standard InChI is InChI=1S/C17H24F2N2O3/c18-17(19)4-11(5-17)15(22)20-6-12-9-24-14-8-21(7-13(12)14)16(23)10-2-1-3-10/h10-14H,1-9H2,(H,20,22)/t12-,13+,14+/m0/s1. The predicted molar refractivity (Wildman–Crippen MR) is 81.3 cm³/mol. The van der Waals surface area contributed by atoms with Gasteiger partial charge in [-0.3, -0.25) is 9.59 Å². The Hall–Kier alpha value is -1.24. The normalized spacial score (nSPS) is 35.2. The van der Waals surface area contributed by atoms with Crippen LogP contribution in [-0.2, 0) is 14.3 Å². The molecule has 5 nitrogen and oxygen atoms in total. The Bertz CT molecular complexity index is 530. The van der Waals surface area contributed by atoms with Crippen LogP contribution in [-0.4, -0.2) is 55.0 Å². The van der Waals surface area contributed by atoms with E-state index in [1.165, 1.54) is 0 Å². The minimum atomic E-state index is -2.67. The number of hydrogen-bond acceptors (Lipinski definition) is 3. The molecule has 0 unspecified atom stereocenters. The number of likely N-dealkylation sites (tertiary alicyclic amines) is 1. The summed E-state index contributed by atoms with van der Waals surface area (Å²) in [5.74, 6) is -2.64. The van der Waals surface area contributed by atoms with E-state index < -0.39 is 11.8 Å². The highest BCUT2D eigenvalue weighted by atomic mass is 19.3.